The Labute approximate surface area is 186 Å². The van der Waals surface area contributed by atoms with E-state index in [1.165, 1.54) is 24.3 Å². The topological polar surface area (TPSA) is 98.3 Å². The Morgan fingerprint density at radius 1 is 1.10 bits per heavy atom. The van der Waals surface area contributed by atoms with Crippen LogP contribution in [0.3, 0.4) is 0 Å². The number of nitrogens with one attached hydrogen (secondary N) is 1. The summed E-state index contributed by atoms with van der Waals surface area (Å²) in [5.74, 6) is -0.0796. The molecular weight excluding hydrogens is 441 g/mol. The standard InChI is InChI=1S/C22H13Cl2N3O4/c23-17-6-2-5-16(21(17)24)22-26-18-12-14(8-9-19(18)31-22)25-20(28)10-7-13-3-1-4-15(11-13)27(29)30/h1-12H,(H,25,28). The van der Waals surface area contributed by atoms with Gasteiger partial charge in [0.2, 0.25) is 11.8 Å². The molecule has 0 unspecified atom stereocenters. The van der Waals surface area contributed by atoms with Crippen LogP contribution < -0.4 is 5.32 Å². The largest absolute Gasteiger partial charge is 0.436 e. The van der Waals surface area contributed by atoms with Crippen LogP contribution in [0.25, 0.3) is 28.6 Å². The zero-order chi connectivity index (χ0) is 22.0. The summed E-state index contributed by atoms with van der Waals surface area (Å²) in [5.41, 5.74) is 2.63. The van der Waals surface area contributed by atoms with Gasteiger partial charge in [-0.25, -0.2) is 4.98 Å². The van der Waals surface area contributed by atoms with Gasteiger partial charge in [0.1, 0.15) is 5.52 Å². The SMILES string of the molecule is O=C(C=Cc1cccc([N+](=O)[O-])c1)Nc1ccc2oc(-c3cccc(Cl)c3Cl)nc2c1. The minimum absolute atomic E-state index is 0.0466. The summed E-state index contributed by atoms with van der Waals surface area (Å²) in [7, 11) is 0. The van der Waals surface area contributed by atoms with E-state index >= 15 is 0 Å². The first-order valence-corrected chi connectivity index (χ1v) is 9.75. The summed E-state index contributed by atoms with van der Waals surface area (Å²) in [6.45, 7) is 0. The number of nitro benzene ring substituents is 1. The first-order chi connectivity index (χ1) is 14.9. The minimum atomic E-state index is -0.491. The number of carbonyl (C=O) groups excluding carboxylic acids is 1. The highest BCUT2D eigenvalue weighted by Crippen LogP contribution is 2.34. The molecule has 1 heterocycles. The minimum Gasteiger partial charge on any atom is -0.436 e. The number of halogens is 2. The van der Waals surface area contributed by atoms with Crippen LogP contribution in [-0.2, 0) is 4.79 Å². The van der Waals surface area contributed by atoms with E-state index in [0.717, 1.165) is 0 Å². The fourth-order valence-electron chi connectivity index (χ4n) is 2.89. The van der Waals surface area contributed by atoms with Gasteiger partial charge in [-0.2, -0.15) is 0 Å². The van der Waals surface area contributed by atoms with E-state index in [9.17, 15) is 14.9 Å². The number of anilines is 1. The smallest absolute Gasteiger partial charge is 0.270 e. The fraction of sp³-hybridized carbons (Fsp3) is 0. The number of aromatic nitrogens is 1. The molecule has 4 aromatic rings. The van der Waals surface area contributed by atoms with Crippen LogP contribution in [0, 0.1) is 10.1 Å². The van der Waals surface area contributed by atoms with E-state index in [1.807, 2.05) is 0 Å². The molecule has 1 N–H and O–H groups in total. The number of non-ortho nitro benzene ring substituents is 1. The maximum Gasteiger partial charge on any atom is 0.270 e. The van der Waals surface area contributed by atoms with E-state index in [4.69, 9.17) is 27.6 Å². The molecule has 0 saturated heterocycles. The van der Waals surface area contributed by atoms with E-state index in [1.54, 1.807) is 48.5 Å². The van der Waals surface area contributed by atoms with Crippen LogP contribution in [-0.4, -0.2) is 15.8 Å². The summed E-state index contributed by atoms with van der Waals surface area (Å²) >= 11 is 12.3. The lowest BCUT2D eigenvalue weighted by molar-refractivity contribution is -0.384. The molecule has 7 nitrogen and oxygen atoms in total. The highest BCUT2D eigenvalue weighted by atomic mass is 35.5. The maximum absolute atomic E-state index is 12.2. The van der Waals surface area contributed by atoms with Crippen molar-refractivity contribution < 1.29 is 14.1 Å². The van der Waals surface area contributed by atoms with Gasteiger partial charge in [-0.3, -0.25) is 14.9 Å². The summed E-state index contributed by atoms with van der Waals surface area (Å²) in [4.78, 5) is 27.0. The van der Waals surface area contributed by atoms with Gasteiger partial charge in [-0.1, -0.05) is 41.4 Å². The van der Waals surface area contributed by atoms with Crippen LogP contribution in [0.15, 0.2) is 71.2 Å². The van der Waals surface area contributed by atoms with Crippen molar-refractivity contribution in [1.29, 1.82) is 0 Å². The highest BCUT2D eigenvalue weighted by molar-refractivity contribution is 6.43. The Bertz CT molecular complexity index is 1350. The fourth-order valence-corrected chi connectivity index (χ4v) is 3.27. The Balaban J connectivity index is 1.52. The number of benzene rings is 3. The Morgan fingerprint density at radius 2 is 1.90 bits per heavy atom. The van der Waals surface area contributed by atoms with Crippen molar-refractivity contribution in [3.63, 3.8) is 0 Å². The zero-order valence-electron chi connectivity index (χ0n) is 15.7. The van der Waals surface area contributed by atoms with E-state index in [2.05, 4.69) is 10.3 Å². The van der Waals surface area contributed by atoms with Crippen molar-refractivity contribution in [2.45, 2.75) is 0 Å². The monoisotopic (exact) mass is 453 g/mol. The molecule has 9 heteroatoms. The van der Waals surface area contributed by atoms with Crippen molar-refractivity contribution in [2.24, 2.45) is 0 Å². The zero-order valence-corrected chi connectivity index (χ0v) is 17.2. The number of rotatable bonds is 5. The normalized spacial score (nSPS) is 11.2. The average molecular weight is 454 g/mol. The van der Waals surface area contributed by atoms with Crippen LogP contribution in [0.1, 0.15) is 5.56 Å². The van der Waals surface area contributed by atoms with Gasteiger partial charge >= 0.3 is 0 Å². The lowest BCUT2D eigenvalue weighted by Gasteiger charge is -2.01. The van der Waals surface area contributed by atoms with E-state index < -0.39 is 10.8 Å². The number of fused-ring (bicyclic) bond motifs is 1. The molecule has 0 fully saturated rings. The summed E-state index contributed by atoms with van der Waals surface area (Å²) in [6.07, 6.45) is 2.79. The van der Waals surface area contributed by atoms with Crippen molar-refractivity contribution >= 4 is 57.7 Å². The molecule has 0 saturated carbocycles. The molecule has 0 spiro atoms. The van der Waals surface area contributed by atoms with Gasteiger partial charge in [-0.15, -0.1) is 0 Å². The van der Waals surface area contributed by atoms with E-state index in [0.29, 0.717) is 43.9 Å². The quantitative estimate of drug-likeness (QED) is 0.215. The van der Waals surface area contributed by atoms with Crippen LogP contribution in [0.5, 0.6) is 0 Å². The molecule has 1 amide bonds. The number of amides is 1. The van der Waals surface area contributed by atoms with Gasteiger partial charge in [0.05, 0.1) is 20.5 Å². The van der Waals surface area contributed by atoms with Crippen molar-refractivity contribution in [2.75, 3.05) is 5.32 Å². The molecule has 0 aliphatic carbocycles. The second kappa shape index (κ2) is 8.59. The number of nitro groups is 1. The second-order valence-electron chi connectivity index (χ2n) is 6.48. The van der Waals surface area contributed by atoms with Crippen molar-refractivity contribution in [1.82, 2.24) is 4.98 Å². The third-order valence-corrected chi connectivity index (χ3v) is 5.16. The van der Waals surface area contributed by atoms with Gasteiger partial charge < -0.3 is 9.73 Å². The molecule has 3 aromatic carbocycles. The molecule has 0 aliphatic rings. The lowest BCUT2D eigenvalue weighted by Crippen LogP contribution is -2.07. The number of hydrogen-bond donors (Lipinski definition) is 1. The predicted octanol–water partition coefficient (Wildman–Crippen LogP) is 6.36. The molecule has 154 valence electrons. The molecule has 0 radical (unpaired) electrons. The van der Waals surface area contributed by atoms with Gasteiger partial charge in [0.15, 0.2) is 5.58 Å². The number of nitrogens with zero attached hydrogens (tertiary/aromatic N) is 2. The highest BCUT2D eigenvalue weighted by Gasteiger charge is 2.14. The summed E-state index contributed by atoms with van der Waals surface area (Å²) < 4.78 is 5.75. The third-order valence-electron chi connectivity index (χ3n) is 4.35. The average Bonchev–Trinajstić information content (AvgIpc) is 3.17. The molecule has 0 bridgehead atoms. The van der Waals surface area contributed by atoms with Crippen molar-refractivity contribution in [3.05, 3.63) is 92.5 Å². The maximum atomic E-state index is 12.2. The van der Waals surface area contributed by atoms with Crippen LogP contribution in [0.2, 0.25) is 10.0 Å². The van der Waals surface area contributed by atoms with Crippen LogP contribution in [0.4, 0.5) is 11.4 Å². The second-order valence-corrected chi connectivity index (χ2v) is 7.26. The van der Waals surface area contributed by atoms with Gasteiger partial charge in [0, 0.05) is 23.9 Å². The van der Waals surface area contributed by atoms with Gasteiger partial charge in [0.25, 0.3) is 5.69 Å². The van der Waals surface area contributed by atoms with Crippen LogP contribution >= 0.6 is 23.2 Å². The molecule has 1 aromatic heterocycles. The van der Waals surface area contributed by atoms with Gasteiger partial charge in [-0.05, 0) is 42.0 Å². The Kier molecular flexibility index (Phi) is 5.70. The third kappa shape index (κ3) is 4.58. The number of carbonyl (C=O) groups is 1. The predicted molar refractivity (Wildman–Crippen MR) is 120 cm³/mol. The molecule has 0 atom stereocenters. The molecule has 31 heavy (non-hydrogen) atoms. The molecular formula is C22H13Cl2N3O4. The van der Waals surface area contributed by atoms with E-state index in [-0.39, 0.29) is 5.69 Å². The number of hydrogen-bond acceptors (Lipinski definition) is 5. The molecule has 4 rings (SSSR count). The lowest BCUT2D eigenvalue weighted by atomic mass is 10.2. The summed E-state index contributed by atoms with van der Waals surface area (Å²) in [5, 5.41) is 14.3. The first kappa shape index (κ1) is 20.6. The summed E-state index contributed by atoms with van der Waals surface area (Å²) in [6, 6.07) is 16.2. The molecule has 0 aliphatic heterocycles. The Morgan fingerprint density at radius 3 is 2.71 bits per heavy atom. The van der Waals surface area contributed by atoms with Crippen molar-refractivity contribution in [3.8, 4) is 11.5 Å². The Hall–Kier alpha value is -3.68. The number of oxazole rings is 1. The first-order valence-electron chi connectivity index (χ1n) is 8.99.